The third-order valence-electron chi connectivity index (χ3n) is 2.86. The number of carbonyl (C=O) groups excluding carboxylic acids is 4. The van der Waals surface area contributed by atoms with Gasteiger partial charge in [0.1, 0.15) is 0 Å². The van der Waals surface area contributed by atoms with Crippen LogP contribution in [0.4, 0.5) is 0 Å². The smallest absolute Gasteiger partial charge is 0.384 e. The van der Waals surface area contributed by atoms with Crippen LogP contribution in [0.25, 0.3) is 0 Å². The fourth-order valence-corrected chi connectivity index (χ4v) is 1.69. The molecule has 0 radical (unpaired) electrons. The Labute approximate surface area is 146 Å². The minimum atomic E-state index is -1.90. The maximum Gasteiger partial charge on any atom is 0.384 e. The summed E-state index contributed by atoms with van der Waals surface area (Å²) in [5.41, 5.74) is -1.90. The lowest BCUT2D eigenvalue weighted by Crippen LogP contribution is -2.41. The molecule has 0 bridgehead atoms. The van der Waals surface area contributed by atoms with Crippen LogP contribution >= 0.6 is 0 Å². The average molecular weight is 352 g/mol. The molecule has 0 atom stereocenters. The molecule has 136 valence electrons. The van der Waals surface area contributed by atoms with Crippen molar-refractivity contribution in [2.45, 2.75) is 26.7 Å². The van der Waals surface area contributed by atoms with E-state index < -0.39 is 42.1 Å². The predicted molar refractivity (Wildman–Crippen MR) is 84.5 cm³/mol. The van der Waals surface area contributed by atoms with E-state index >= 15 is 0 Å². The molecule has 0 aliphatic rings. The van der Waals surface area contributed by atoms with Crippen molar-refractivity contribution in [1.29, 1.82) is 0 Å². The fraction of sp³-hybridized carbons (Fsp3) is 0.529. The lowest BCUT2D eigenvalue weighted by molar-refractivity contribution is -0.168. The zero-order valence-corrected chi connectivity index (χ0v) is 14.6. The third-order valence-corrected chi connectivity index (χ3v) is 2.86. The number of methoxy groups -OCH3 is 2. The Balaban J connectivity index is 5.59. The minimum Gasteiger partial charge on any atom is -0.468 e. The molecule has 0 rings (SSSR count). The molecule has 0 aliphatic carbocycles. The van der Waals surface area contributed by atoms with Crippen LogP contribution in [0, 0.1) is 29.1 Å². The van der Waals surface area contributed by atoms with Crippen LogP contribution in [0.2, 0.25) is 0 Å². The molecular formula is C17H20O8. The zero-order valence-electron chi connectivity index (χ0n) is 14.6. The first kappa shape index (κ1) is 22.0. The summed E-state index contributed by atoms with van der Waals surface area (Å²) in [6.45, 7) is 3.49. The van der Waals surface area contributed by atoms with Gasteiger partial charge in [-0.25, -0.2) is 9.59 Å². The van der Waals surface area contributed by atoms with Gasteiger partial charge in [0.05, 0.1) is 27.4 Å². The molecule has 0 unspecified atom stereocenters. The van der Waals surface area contributed by atoms with Gasteiger partial charge in [-0.05, 0) is 13.8 Å². The normalized spacial score (nSPS) is 9.44. The van der Waals surface area contributed by atoms with Crippen LogP contribution in [0.15, 0.2) is 0 Å². The molecule has 0 fully saturated rings. The molecule has 0 aromatic rings. The Kier molecular flexibility index (Phi) is 10.1. The number of esters is 4. The maximum atomic E-state index is 12.1. The highest BCUT2D eigenvalue weighted by atomic mass is 16.5. The monoisotopic (exact) mass is 352 g/mol. The van der Waals surface area contributed by atoms with Gasteiger partial charge in [0, 0.05) is 24.7 Å². The van der Waals surface area contributed by atoms with E-state index in [0.717, 1.165) is 14.2 Å². The van der Waals surface area contributed by atoms with Gasteiger partial charge in [-0.15, -0.1) is 0 Å². The number of carbonyl (C=O) groups is 4. The van der Waals surface area contributed by atoms with Crippen LogP contribution in [-0.2, 0) is 38.1 Å². The fourth-order valence-electron chi connectivity index (χ4n) is 1.69. The molecule has 0 amide bonds. The van der Waals surface area contributed by atoms with Crippen molar-refractivity contribution < 1.29 is 38.1 Å². The summed E-state index contributed by atoms with van der Waals surface area (Å²) in [7, 11) is 2.16. The van der Waals surface area contributed by atoms with Gasteiger partial charge in [0.2, 0.25) is 0 Å². The van der Waals surface area contributed by atoms with Crippen molar-refractivity contribution in [2.24, 2.45) is 5.41 Å². The van der Waals surface area contributed by atoms with Crippen LogP contribution in [0.5, 0.6) is 0 Å². The van der Waals surface area contributed by atoms with E-state index in [1.165, 1.54) is 0 Å². The van der Waals surface area contributed by atoms with E-state index in [2.05, 4.69) is 42.6 Å². The quantitative estimate of drug-likeness (QED) is 0.220. The van der Waals surface area contributed by atoms with E-state index in [4.69, 9.17) is 0 Å². The van der Waals surface area contributed by atoms with Crippen molar-refractivity contribution >= 4 is 23.9 Å². The van der Waals surface area contributed by atoms with Crippen LogP contribution in [-0.4, -0.2) is 51.3 Å². The van der Waals surface area contributed by atoms with Gasteiger partial charge in [-0.1, -0.05) is 11.8 Å². The summed E-state index contributed by atoms with van der Waals surface area (Å²) in [6.07, 6.45) is -0.800. The Bertz CT molecular complexity index is 571. The molecule has 0 N–H and O–H groups in total. The summed E-state index contributed by atoms with van der Waals surface area (Å²) in [4.78, 5) is 46.8. The molecule has 25 heavy (non-hydrogen) atoms. The maximum absolute atomic E-state index is 12.1. The zero-order chi connectivity index (χ0) is 19.3. The number of ether oxygens (including phenoxy) is 4. The van der Waals surface area contributed by atoms with Crippen LogP contribution in [0.1, 0.15) is 26.7 Å². The Morgan fingerprint density at radius 1 is 0.760 bits per heavy atom. The van der Waals surface area contributed by atoms with E-state index in [9.17, 15) is 19.2 Å². The van der Waals surface area contributed by atoms with Gasteiger partial charge in [0.25, 0.3) is 0 Å². The second-order valence-corrected chi connectivity index (χ2v) is 4.46. The average Bonchev–Trinajstić information content (AvgIpc) is 2.59. The summed E-state index contributed by atoms with van der Waals surface area (Å²) in [6, 6.07) is 0. The van der Waals surface area contributed by atoms with Crippen molar-refractivity contribution in [2.75, 3.05) is 27.4 Å². The van der Waals surface area contributed by atoms with Gasteiger partial charge in [-0.3, -0.25) is 9.59 Å². The molecule has 0 aromatic heterocycles. The summed E-state index contributed by atoms with van der Waals surface area (Å²) in [5, 5.41) is 0. The van der Waals surface area contributed by atoms with E-state index in [-0.39, 0.29) is 13.2 Å². The molecule has 0 aromatic carbocycles. The summed E-state index contributed by atoms with van der Waals surface area (Å²) < 4.78 is 18.6. The lowest BCUT2D eigenvalue weighted by Gasteiger charge is -2.23. The van der Waals surface area contributed by atoms with Gasteiger partial charge >= 0.3 is 23.9 Å². The molecule has 0 aliphatic heterocycles. The van der Waals surface area contributed by atoms with Gasteiger partial charge in [-0.2, -0.15) is 0 Å². The van der Waals surface area contributed by atoms with Crippen molar-refractivity contribution in [1.82, 2.24) is 0 Å². The van der Waals surface area contributed by atoms with Crippen molar-refractivity contribution in [3.05, 3.63) is 0 Å². The Morgan fingerprint density at radius 2 is 1.12 bits per heavy atom. The molecule has 8 heteroatoms. The standard InChI is InChI=1S/C17H20O8/c1-5-24-13(18)9-7-11-17(15(20)22-3,16(21)23-4)12-8-10-14(19)25-6-2/h5-6,11-12H2,1-4H3. The molecule has 8 nitrogen and oxygen atoms in total. The second kappa shape index (κ2) is 11.5. The highest BCUT2D eigenvalue weighted by Crippen LogP contribution is 2.29. The minimum absolute atomic E-state index is 0.137. The van der Waals surface area contributed by atoms with Crippen LogP contribution < -0.4 is 0 Å². The van der Waals surface area contributed by atoms with Crippen molar-refractivity contribution in [3.63, 3.8) is 0 Å². The largest absolute Gasteiger partial charge is 0.468 e. The SMILES string of the molecule is CCOC(=O)C#CCC(CC#CC(=O)OCC)(C(=O)OC)C(=O)OC. The predicted octanol–water partition coefficient (Wildman–Crippen LogP) is 0.232. The highest BCUT2D eigenvalue weighted by molar-refractivity contribution is 6.01. The lowest BCUT2D eigenvalue weighted by atomic mass is 9.81. The molecule has 0 saturated heterocycles. The molecular weight excluding hydrogens is 332 g/mol. The summed E-state index contributed by atoms with van der Waals surface area (Å²) in [5.74, 6) is 5.59. The number of rotatable bonds is 6. The van der Waals surface area contributed by atoms with Crippen molar-refractivity contribution in [3.8, 4) is 23.7 Å². The Morgan fingerprint density at radius 3 is 1.40 bits per heavy atom. The molecule has 0 saturated carbocycles. The molecule has 0 spiro atoms. The first-order valence-corrected chi connectivity index (χ1v) is 7.36. The second-order valence-electron chi connectivity index (χ2n) is 4.46. The number of hydrogen-bond acceptors (Lipinski definition) is 8. The molecule has 0 heterocycles. The first-order chi connectivity index (χ1) is 11.9. The Hall–Kier alpha value is -3.00. The topological polar surface area (TPSA) is 105 Å². The first-order valence-electron chi connectivity index (χ1n) is 7.36. The van der Waals surface area contributed by atoms with Crippen LogP contribution in [0.3, 0.4) is 0 Å². The number of hydrogen-bond donors (Lipinski definition) is 0. The summed E-state index contributed by atoms with van der Waals surface area (Å²) >= 11 is 0. The third kappa shape index (κ3) is 6.96. The van der Waals surface area contributed by atoms with Gasteiger partial charge in [0.15, 0.2) is 5.41 Å². The van der Waals surface area contributed by atoms with E-state index in [1.54, 1.807) is 13.8 Å². The van der Waals surface area contributed by atoms with E-state index in [1.807, 2.05) is 0 Å². The van der Waals surface area contributed by atoms with Gasteiger partial charge < -0.3 is 18.9 Å². The van der Waals surface area contributed by atoms with E-state index in [0.29, 0.717) is 0 Å². The highest BCUT2D eigenvalue weighted by Gasteiger charge is 2.47.